The Bertz CT molecular complexity index is 341. The maximum Gasteiger partial charge on any atom is 0.214 e. The Hall–Kier alpha value is -0.130. The molecule has 5 heteroatoms. The highest BCUT2D eigenvalue weighted by atomic mass is 32.2. The third kappa shape index (κ3) is 4.21. The van der Waals surface area contributed by atoms with Gasteiger partial charge in [0, 0.05) is 19.1 Å². The van der Waals surface area contributed by atoms with Crippen molar-refractivity contribution in [3.05, 3.63) is 0 Å². The van der Waals surface area contributed by atoms with Crippen molar-refractivity contribution < 1.29 is 8.42 Å². The molecule has 0 aromatic heterocycles. The quantitative estimate of drug-likeness (QED) is 0.803. The third-order valence-electron chi connectivity index (χ3n) is 3.94. The van der Waals surface area contributed by atoms with Gasteiger partial charge in [0.25, 0.3) is 0 Å². The van der Waals surface area contributed by atoms with Gasteiger partial charge in [-0.1, -0.05) is 27.2 Å². The van der Waals surface area contributed by atoms with Crippen LogP contribution in [0.25, 0.3) is 0 Å². The Kier molecular flexibility index (Phi) is 6.08. The number of nitrogens with one attached hydrogen (secondary N) is 1. The summed E-state index contributed by atoms with van der Waals surface area (Å²) >= 11 is 0. The van der Waals surface area contributed by atoms with Crippen molar-refractivity contribution in [2.45, 2.75) is 46.1 Å². The van der Waals surface area contributed by atoms with Crippen molar-refractivity contribution in [3.63, 3.8) is 0 Å². The van der Waals surface area contributed by atoms with E-state index in [-0.39, 0.29) is 0 Å². The Balaban J connectivity index is 2.62. The third-order valence-corrected chi connectivity index (χ3v) is 5.81. The molecule has 1 N–H and O–H groups in total. The summed E-state index contributed by atoms with van der Waals surface area (Å²) in [7, 11) is -1.08. The van der Waals surface area contributed by atoms with Gasteiger partial charge in [0.2, 0.25) is 10.0 Å². The molecule has 1 rings (SSSR count). The SMILES string of the molecule is CCC1CN(S(=O)(=O)CCC(C)C)CCC1NC. The maximum absolute atomic E-state index is 12.3. The molecule has 0 saturated carbocycles. The molecule has 0 aromatic rings. The van der Waals surface area contributed by atoms with E-state index in [9.17, 15) is 8.42 Å². The van der Waals surface area contributed by atoms with Crippen LogP contribution in [0.4, 0.5) is 0 Å². The molecule has 108 valence electrons. The lowest BCUT2D eigenvalue weighted by Gasteiger charge is -2.37. The largest absolute Gasteiger partial charge is 0.317 e. The van der Waals surface area contributed by atoms with Crippen molar-refractivity contribution in [1.82, 2.24) is 9.62 Å². The molecule has 0 aromatic carbocycles. The van der Waals surface area contributed by atoms with Crippen LogP contribution in [0.1, 0.15) is 40.0 Å². The molecule has 0 aliphatic carbocycles. The lowest BCUT2D eigenvalue weighted by Crippen LogP contribution is -2.50. The summed E-state index contributed by atoms with van der Waals surface area (Å²) in [5, 5.41) is 3.31. The number of hydrogen-bond acceptors (Lipinski definition) is 3. The predicted octanol–water partition coefficient (Wildman–Crippen LogP) is 1.68. The van der Waals surface area contributed by atoms with Gasteiger partial charge in [-0.2, -0.15) is 0 Å². The van der Waals surface area contributed by atoms with Crippen LogP contribution in [0.2, 0.25) is 0 Å². The second-order valence-corrected chi connectivity index (χ2v) is 7.80. The van der Waals surface area contributed by atoms with Gasteiger partial charge in [-0.15, -0.1) is 0 Å². The van der Waals surface area contributed by atoms with Gasteiger partial charge in [-0.25, -0.2) is 12.7 Å². The highest BCUT2D eigenvalue weighted by Gasteiger charge is 2.32. The number of piperidine rings is 1. The van der Waals surface area contributed by atoms with E-state index in [4.69, 9.17) is 0 Å². The molecule has 18 heavy (non-hydrogen) atoms. The zero-order chi connectivity index (χ0) is 13.8. The molecule has 0 bridgehead atoms. The van der Waals surface area contributed by atoms with E-state index < -0.39 is 10.0 Å². The van der Waals surface area contributed by atoms with Crippen LogP contribution in [0.15, 0.2) is 0 Å². The molecule has 1 aliphatic heterocycles. The highest BCUT2D eigenvalue weighted by Crippen LogP contribution is 2.23. The first-order valence-corrected chi connectivity index (χ1v) is 8.66. The first-order valence-electron chi connectivity index (χ1n) is 7.05. The molecular formula is C13H28N2O2S. The van der Waals surface area contributed by atoms with Crippen LogP contribution in [-0.4, -0.2) is 44.7 Å². The highest BCUT2D eigenvalue weighted by molar-refractivity contribution is 7.89. The fourth-order valence-corrected chi connectivity index (χ4v) is 4.39. The van der Waals surface area contributed by atoms with E-state index in [0.717, 1.165) is 19.3 Å². The molecule has 0 spiro atoms. The maximum atomic E-state index is 12.3. The molecule has 2 atom stereocenters. The second-order valence-electron chi connectivity index (χ2n) is 5.71. The molecule has 1 aliphatic rings. The van der Waals surface area contributed by atoms with Crippen LogP contribution in [0, 0.1) is 11.8 Å². The van der Waals surface area contributed by atoms with E-state index >= 15 is 0 Å². The molecular weight excluding hydrogens is 248 g/mol. The Morgan fingerprint density at radius 3 is 2.56 bits per heavy atom. The Morgan fingerprint density at radius 1 is 1.39 bits per heavy atom. The first kappa shape index (κ1) is 15.9. The van der Waals surface area contributed by atoms with Gasteiger partial charge >= 0.3 is 0 Å². The van der Waals surface area contributed by atoms with Crippen molar-refractivity contribution in [3.8, 4) is 0 Å². The fourth-order valence-electron chi connectivity index (χ4n) is 2.56. The van der Waals surface area contributed by atoms with E-state index in [1.807, 2.05) is 7.05 Å². The Morgan fingerprint density at radius 2 is 2.06 bits per heavy atom. The minimum absolute atomic E-state index is 0.297. The van der Waals surface area contributed by atoms with Gasteiger partial charge < -0.3 is 5.32 Å². The zero-order valence-corrected chi connectivity index (χ0v) is 13.0. The average Bonchev–Trinajstić information content (AvgIpc) is 2.35. The van der Waals surface area contributed by atoms with E-state index in [0.29, 0.717) is 36.7 Å². The number of nitrogens with zero attached hydrogens (tertiary/aromatic N) is 1. The zero-order valence-electron chi connectivity index (χ0n) is 12.1. The predicted molar refractivity (Wildman–Crippen MR) is 76.1 cm³/mol. The second kappa shape index (κ2) is 6.87. The van der Waals surface area contributed by atoms with Crippen molar-refractivity contribution in [2.75, 3.05) is 25.9 Å². The van der Waals surface area contributed by atoms with Crippen molar-refractivity contribution in [2.24, 2.45) is 11.8 Å². The minimum Gasteiger partial charge on any atom is -0.317 e. The number of hydrogen-bond donors (Lipinski definition) is 1. The van der Waals surface area contributed by atoms with Gasteiger partial charge in [0.1, 0.15) is 0 Å². The summed E-state index contributed by atoms with van der Waals surface area (Å²) in [4.78, 5) is 0. The monoisotopic (exact) mass is 276 g/mol. The van der Waals surface area contributed by atoms with Gasteiger partial charge in [0.05, 0.1) is 5.75 Å². The fraction of sp³-hybridized carbons (Fsp3) is 1.00. The van der Waals surface area contributed by atoms with Gasteiger partial charge in [-0.05, 0) is 31.7 Å². The smallest absolute Gasteiger partial charge is 0.214 e. The Labute approximate surface area is 112 Å². The first-order chi connectivity index (χ1) is 8.40. The molecule has 0 amide bonds. The molecule has 1 fully saturated rings. The lowest BCUT2D eigenvalue weighted by molar-refractivity contribution is 0.209. The van der Waals surface area contributed by atoms with E-state index in [1.54, 1.807) is 4.31 Å². The van der Waals surface area contributed by atoms with Gasteiger partial charge in [0.15, 0.2) is 0 Å². The van der Waals surface area contributed by atoms with Crippen molar-refractivity contribution in [1.29, 1.82) is 0 Å². The van der Waals surface area contributed by atoms with Crippen LogP contribution < -0.4 is 5.32 Å². The summed E-state index contributed by atoms with van der Waals surface area (Å²) in [6.07, 6.45) is 2.71. The lowest BCUT2D eigenvalue weighted by atomic mass is 9.91. The summed E-state index contributed by atoms with van der Waals surface area (Å²) in [5.74, 6) is 1.18. The number of sulfonamides is 1. The van der Waals surface area contributed by atoms with Crippen LogP contribution in [0.3, 0.4) is 0 Å². The van der Waals surface area contributed by atoms with E-state index in [1.165, 1.54) is 0 Å². The topological polar surface area (TPSA) is 49.4 Å². The average molecular weight is 276 g/mol. The molecule has 4 nitrogen and oxygen atoms in total. The summed E-state index contributed by atoms with van der Waals surface area (Å²) in [6, 6.07) is 0.464. The minimum atomic E-state index is -3.05. The summed E-state index contributed by atoms with van der Waals surface area (Å²) < 4.78 is 26.2. The normalized spacial score (nSPS) is 26.7. The summed E-state index contributed by atoms with van der Waals surface area (Å²) in [6.45, 7) is 7.62. The van der Waals surface area contributed by atoms with E-state index in [2.05, 4.69) is 26.1 Å². The number of rotatable bonds is 6. The van der Waals surface area contributed by atoms with Gasteiger partial charge in [-0.3, -0.25) is 0 Å². The molecule has 0 radical (unpaired) electrons. The van der Waals surface area contributed by atoms with Crippen LogP contribution >= 0.6 is 0 Å². The molecule has 1 heterocycles. The molecule has 1 saturated heterocycles. The van der Waals surface area contributed by atoms with Crippen LogP contribution in [-0.2, 0) is 10.0 Å². The van der Waals surface area contributed by atoms with Crippen LogP contribution in [0.5, 0.6) is 0 Å². The standard InChI is InChI=1S/C13H28N2O2S/c1-5-12-10-15(8-6-13(12)14-4)18(16,17)9-7-11(2)3/h11-14H,5-10H2,1-4H3. The molecule has 2 unspecified atom stereocenters. The van der Waals surface area contributed by atoms with Crippen molar-refractivity contribution >= 4 is 10.0 Å². The summed E-state index contributed by atoms with van der Waals surface area (Å²) in [5.41, 5.74) is 0.